The number of ether oxygens (including phenoxy) is 1. The highest BCUT2D eigenvalue weighted by molar-refractivity contribution is 5.81. The molecule has 1 aliphatic rings. The van der Waals surface area contributed by atoms with Gasteiger partial charge < -0.3 is 10.1 Å². The number of benzene rings is 1. The molecule has 0 aromatic heterocycles. The molecule has 1 aromatic carbocycles. The lowest BCUT2D eigenvalue weighted by Gasteiger charge is -1.93. The third kappa shape index (κ3) is 13.1. The van der Waals surface area contributed by atoms with Crippen molar-refractivity contribution in [3.05, 3.63) is 55.1 Å². The maximum Gasteiger partial charge on any atom is 0.330 e. The molecule has 2 rings (SSSR count). The van der Waals surface area contributed by atoms with E-state index in [9.17, 15) is 9.59 Å². The van der Waals surface area contributed by atoms with E-state index in [0.717, 1.165) is 31.9 Å². The fourth-order valence-electron chi connectivity index (χ4n) is 1.69. The predicted molar refractivity (Wildman–Crippen MR) is 94.8 cm³/mol. The summed E-state index contributed by atoms with van der Waals surface area (Å²) in [5, 5.41) is 2.81. The third-order valence-corrected chi connectivity index (χ3v) is 2.89. The van der Waals surface area contributed by atoms with Gasteiger partial charge in [0.25, 0.3) is 0 Å². The summed E-state index contributed by atoms with van der Waals surface area (Å²) >= 11 is 0. The molecule has 0 saturated carbocycles. The Kier molecular flexibility index (Phi) is 13.1. The van der Waals surface area contributed by atoms with E-state index in [2.05, 4.69) is 23.2 Å². The van der Waals surface area contributed by atoms with Crippen molar-refractivity contribution in [2.45, 2.75) is 32.6 Å². The largest absolute Gasteiger partial charge is 0.463 e. The Morgan fingerprint density at radius 3 is 2.39 bits per heavy atom. The molecular weight excluding hydrogens is 290 g/mol. The number of rotatable bonds is 3. The van der Waals surface area contributed by atoms with E-state index >= 15 is 0 Å². The van der Waals surface area contributed by atoms with Gasteiger partial charge in [-0.25, -0.2) is 4.79 Å². The van der Waals surface area contributed by atoms with Crippen molar-refractivity contribution in [1.82, 2.24) is 5.32 Å². The van der Waals surface area contributed by atoms with Crippen LogP contribution < -0.4 is 5.32 Å². The van der Waals surface area contributed by atoms with E-state index in [1.807, 2.05) is 36.4 Å². The molecule has 0 atom stereocenters. The number of hydrogen-bond donors (Lipinski definition) is 1. The second-order valence-corrected chi connectivity index (χ2v) is 4.73. The van der Waals surface area contributed by atoms with Crippen LogP contribution in [0.5, 0.6) is 0 Å². The zero-order valence-electron chi connectivity index (χ0n) is 13.9. The summed E-state index contributed by atoms with van der Waals surface area (Å²) in [6, 6.07) is 10.0. The molecule has 0 bridgehead atoms. The first-order valence-electron chi connectivity index (χ1n) is 7.87. The Hall–Kier alpha value is -2.36. The van der Waals surface area contributed by atoms with Gasteiger partial charge in [-0.05, 0) is 25.3 Å². The number of carbonyl (C=O) groups is 2. The Bertz CT molecular complexity index is 459. The zero-order chi connectivity index (χ0) is 17.3. The highest BCUT2D eigenvalue weighted by Crippen LogP contribution is 2.02. The van der Waals surface area contributed by atoms with E-state index in [1.54, 1.807) is 6.92 Å². The summed E-state index contributed by atoms with van der Waals surface area (Å²) in [5.74, 6) is -0.134. The van der Waals surface area contributed by atoms with Crippen molar-refractivity contribution < 1.29 is 14.3 Å². The maximum absolute atomic E-state index is 10.6. The zero-order valence-corrected chi connectivity index (χ0v) is 13.9. The summed E-state index contributed by atoms with van der Waals surface area (Å²) in [7, 11) is 0. The molecule has 4 heteroatoms. The SMILES string of the molecule is C=CC(=O)OCC.C=Cc1ccccc1.O=C1CCCCCN1. The average molecular weight is 317 g/mol. The molecule has 0 spiro atoms. The Morgan fingerprint density at radius 2 is 1.91 bits per heavy atom. The normalized spacial score (nSPS) is 12.8. The molecule has 0 unspecified atom stereocenters. The maximum atomic E-state index is 10.6. The first-order valence-corrected chi connectivity index (χ1v) is 7.87. The molecule has 1 aliphatic heterocycles. The van der Waals surface area contributed by atoms with Crippen molar-refractivity contribution in [1.29, 1.82) is 0 Å². The summed E-state index contributed by atoms with van der Waals surface area (Å²) in [6.07, 6.45) is 7.15. The Balaban J connectivity index is 0.000000317. The number of esters is 1. The van der Waals surface area contributed by atoms with Gasteiger partial charge in [0.05, 0.1) is 6.61 Å². The van der Waals surface area contributed by atoms with Gasteiger partial charge in [-0.1, -0.05) is 56.0 Å². The summed E-state index contributed by atoms with van der Waals surface area (Å²) in [5.41, 5.74) is 1.17. The number of hydrogen-bond acceptors (Lipinski definition) is 3. The Labute approximate surface area is 139 Å². The lowest BCUT2D eigenvalue weighted by Crippen LogP contribution is -2.21. The van der Waals surface area contributed by atoms with Gasteiger partial charge in [0.15, 0.2) is 0 Å². The molecular formula is C19H27NO3. The smallest absolute Gasteiger partial charge is 0.330 e. The average Bonchev–Trinajstić information content (AvgIpc) is 2.84. The second-order valence-electron chi connectivity index (χ2n) is 4.73. The number of amides is 1. The lowest BCUT2D eigenvalue weighted by atomic mass is 10.2. The first kappa shape index (κ1) is 20.6. The van der Waals surface area contributed by atoms with Crippen LogP contribution in [-0.2, 0) is 14.3 Å². The molecule has 1 N–H and O–H groups in total. The fourth-order valence-corrected chi connectivity index (χ4v) is 1.69. The first-order chi connectivity index (χ1) is 11.1. The van der Waals surface area contributed by atoms with Crippen molar-refractivity contribution in [2.75, 3.05) is 13.2 Å². The van der Waals surface area contributed by atoms with Crippen LogP contribution >= 0.6 is 0 Å². The molecule has 126 valence electrons. The highest BCUT2D eigenvalue weighted by atomic mass is 16.5. The second kappa shape index (κ2) is 14.6. The molecule has 0 aliphatic carbocycles. The molecule has 23 heavy (non-hydrogen) atoms. The molecule has 0 radical (unpaired) electrons. The van der Waals surface area contributed by atoms with Gasteiger partial charge in [0, 0.05) is 19.0 Å². The van der Waals surface area contributed by atoms with Crippen LogP contribution in [0.2, 0.25) is 0 Å². The van der Waals surface area contributed by atoms with Crippen LogP contribution in [0.25, 0.3) is 6.08 Å². The summed E-state index contributed by atoms with van der Waals surface area (Å²) < 4.78 is 4.43. The minimum atomic E-state index is -0.359. The fraction of sp³-hybridized carbons (Fsp3) is 0.368. The van der Waals surface area contributed by atoms with E-state index in [1.165, 1.54) is 12.0 Å². The summed E-state index contributed by atoms with van der Waals surface area (Å²) in [4.78, 5) is 20.6. The van der Waals surface area contributed by atoms with Crippen LogP contribution in [0.1, 0.15) is 38.2 Å². The molecule has 4 nitrogen and oxygen atoms in total. The van der Waals surface area contributed by atoms with Gasteiger partial charge in [-0.2, -0.15) is 0 Å². The van der Waals surface area contributed by atoms with Crippen molar-refractivity contribution in [2.24, 2.45) is 0 Å². The molecule has 1 aromatic rings. The van der Waals surface area contributed by atoms with Crippen molar-refractivity contribution in [3.63, 3.8) is 0 Å². The van der Waals surface area contributed by atoms with Gasteiger partial charge in [-0.15, -0.1) is 0 Å². The van der Waals surface area contributed by atoms with Gasteiger partial charge in [0.2, 0.25) is 5.91 Å². The molecule has 1 fully saturated rings. The number of carbonyl (C=O) groups excluding carboxylic acids is 2. The predicted octanol–water partition coefficient (Wildman–Crippen LogP) is 3.74. The van der Waals surface area contributed by atoms with Gasteiger partial charge in [0.1, 0.15) is 0 Å². The molecule has 1 saturated heterocycles. The van der Waals surface area contributed by atoms with Crippen LogP contribution in [0.4, 0.5) is 0 Å². The monoisotopic (exact) mass is 317 g/mol. The molecule has 1 amide bonds. The topological polar surface area (TPSA) is 55.4 Å². The minimum absolute atomic E-state index is 0.225. The van der Waals surface area contributed by atoms with Crippen LogP contribution in [-0.4, -0.2) is 25.0 Å². The minimum Gasteiger partial charge on any atom is -0.463 e. The van der Waals surface area contributed by atoms with Crippen LogP contribution in [0.15, 0.2) is 49.6 Å². The van der Waals surface area contributed by atoms with E-state index in [0.29, 0.717) is 6.61 Å². The molecule has 1 heterocycles. The van der Waals surface area contributed by atoms with E-state index < -0.39 is 0 Å². The van der Waals surface area contributed by atoms with E-state index in [-0.39, 0.29) is 11.9 Å². The van der Waals surface area contributed by atoms with E-state index in [4.69, 9.17) is 0 Å². The van der Waals surface area contributed by atoms with Crippen molar-refractivity contribution >= 4 is 18.0 Å². The van der Waals surface area contributed by atoms with Gasteiger partial charge >= 0.3 is 5.97 Å². The lowest BCUT2D eigenvalue weighted by molar-refractivity contribution is -0.137. The van der Waals surface area contributed by atoms with Crippen LogP contribution in [0, 0.1) is 0 Å². The Morgan fingerprint density at radius 1 is 1.22 bits per heavy atom. The third-order valence-electron chi connectivity index (χ3n) is 2.89. The van der Waals surface area contributed by atoms with Gasteiger partial charge in [-0.3, -0.25) is 4.79 Å². The number of nitrogens with one attached hydrogen (secondary N) is 1. The standard InChI is InChI=1S/C8H8.C6H11NO.C5H8O2/c1-2-8-6-4-3-5-7-8;8-6-4-2-1-3-5-7-6;1-3-5(6)7-4-2/h2-7H,1H2;1-5H2,(H,7,8);3H,1,4H2,2H3. The van der Waals surface area contributed by atoms with Crippen LogP contribution in [0.3, 0.4) is 0 Å². The highest BCUT2D eigenvalue weighted by Gasteiger charge is 2.03. The summed E-state index contributed by atoms with van der Waals surface area (Å²) in [6.45, 7) is 9.90. The van der Waals surface area contributed by atoms with Crippen molar-refractivity contribution in [3.8, 4) is 0 Å². The quantitative estimate of drug-likeness (QED) is 0.682.